The van der Waals surface area contributed by atoms with Crippen molar-refractivity contribution in [3.8, 4) is 0 Å². The smallest absolute Gasteiger partial charge is 0.218 e. The first-order valence-electron chi connectivity index (χ1n) is 8.24. The molecule has 1 aliphatic rings. The van der Waals surface area contributed by atoms with Crippen LogP contribution in [0.2, 0.25) is 0 Å². The number of rotatable bonds is 5. The molecule has 4 heteroatoms. The largest absolute Gasteiger partial charge is 0.385 e. The van der Waals surface area contributed by atoms with Gasteiger partial charge >= 0.3 is 0 Å². The Labute approximate surface area is 132 Å². The minimum atomic E-state index is 0.748. The van der Waals surface area contributed by atoms with Crippen molar-refractivity contribution in [3.63, 3.8) is 0 Å². The number of nitrogens with zero attached hydrogens (tertiary/aromatic N) is 2. The number of hydrogen-bond donors (Lipinski definition) is 1. The molecule has 4 nitrogen and oxygen atoms in total. The third-order valence-corrected chi connectivity index (χ3v) is 4.90. The van der Waals surface area contributed by atoms with E-state index < -0.39 is 0 Å². The van der Waals surface area contributed by atoms with Crippen LogP contribution >= 0.6 is 0 Å². The van der Waals surface area contributed by atoms with Crippen molar-refractivity contribution >= 4 is 23.0 Å². The van der Waals surface area contributed by atoms with Gasteiger partial charge in [-0.25, -0.2) is 0 Å². The molecule has 0 amide bonds. The van der Waals surface area contributed by atoms with Crippen LogP contribution in [0.1, 0.15) is 25.3 Å². The zero-order valence-corrected chi connectivity index (χ0v) is 13.5. The van der Waals surface area contributed by atoms with Gasteiger partial charge in [0.1, 0.15) is 0 Å². The van der Waals surface area contributed by atoms with Crippen molar-refractivity contribution in [2.45, 2.75) is 26.7 Å². The Morgan fingerprint density at radius 1 is 1.32 bits per heavy atom. The molecule has 0 unspecified atom stereocenters. The van der Waals surface area contributed by atoms with E-state index in [1.165, 1.54) is 32.5 Å². The summed E-state index contributed by atoms with van der Waals surface area (Å²) in [6, 6.07) is 6.30. The zero-order chi connectivity index (χ0) is 15.5. The summed E-state index contributed by atoms with van der Waals surface area (Å²) in [7, 11) is 0. The molecule has 0 bridgehead atoms. The summed E-state index contributed by atoms with van der Waals surface area (Å²) in [5.74, 6) is 0.748. The first kappa shape index (κ1) is 15.1. The van der Waals surface area contributed by atoms with Gasteiger partial charge in [0, 0.05) is 23.8 Å². The maximum absolute atomic E-state index is 11.1. The van der Waals surface area contributed by atoms with Crippen LogP contribution in [0.25, 0.3) is 10.9 Å². The number of likely N-dealkylation sites (tertiary alicyclic amines) is 1. The van der Waals surface area contributed by atoms with Gasteiger partial charge in [-0.05, 0) is 63.0 Å². The number of anilines is 1. The Morgan fingerprint density at radius 2 is 2.09 bits per heavy atom. The van der Waals surface area contributed by atoms with Gasteiger partial charge in [-0.2, -0.15) is 0 Å². The molecule has 0 aliphatic carbocycles. The molecular formula is C18H25N3O. The summed E-state index contributed by atoms with van der Waals surface area (Å²) in [5, 5.41) is 4.70. The second-order valence-electron chi connectivity index (χ2n) is 6.32. The zero-order valence-electron chi connectivity index (χ0n) is 13.5. The molecule has 1 aromatic heterocycles. The first-order valence-corrected chi connectivity index (χ1v) is 8.24. The molecule has 2 heterocycles. The molecule has 1 saturated heterocycles. The molecule has 0 saturated carbocycles. The molecule has 0 radical (unpaired) electrons. The molecule has 2 aromatic rings. The highest BCUT2D eigenvalue weighted by molar-refractivity contribution is 5.90. The molecule has 1 fully saturated rings. The number of fused-ring (bicyclic) bond motifs is 1. The molecule has 1 N–H and O–H groups in total. The van der Waals surface area contributed by atoms with Crippen molar-refractivity contribution in [2.24, 2.45) is 5.92 Å². The second-order valence-corrected chi connectivity index (χ2v) is 6.32. The highest BCUT2D eigenvalue weighted by Gasteiger charge is 2.17. The lowest BCUT2D eigenvalue weighted by Crippen LogP contribution is -2.35. The summed E-state index contributed by atoms with van der Waals surface area (Å²) in [6.07, 6.45) is 5.31. The van der Waals surface area contributed by atoms with Crippen molar-refractivity contribution in [1.29, 1.82) is 0 Å². The van der Waals surface area contributed by atoms with Gasteiger partial charge in [0.25, 0.3) is 0 Å². The fourth-order valence-electron chi connectivity index (χ4n) is 3.39. The van der Waals surface area contributed by atoms with E-state index in [1.807, 2.05) is 13.1 Å². The fourth-order valence-corrected chi connectivity index (χ4v) is 3.39. The standard InChI is InChI=1S/C18H25N3O/c1-3-20-8-6-15(7-9-20)11-19-16-4-5-17-14(2)12-21(13-22)18(17)10-16/h4-5,10,12-13,15,19H,3,6-9,11H2,1-2H3. The first-order chi connectivity index (χ1) is 10.7. The highest BCUT2D eigenvalue weighted by Crippen LogP contribution is 2.24. The van der Waals surface area contributed by atoms with Crippen LogP contribution in [0.15, 0.2) is 24.4 Å². The fraction of sp³-hybridized carbons (Fsp3) is 0.500. The lowest BCUT2D eigenvalue weighted by atomic mass is 9.97. The minimum Gasteiger partial charge on any atom is -0.385 e. The molecule has 1 aliphatic heterocycles. The number of carbonyl (C=O) groups excluding carboxylic acids is 1. The SMILES string of the molecule is CCN1CCC(CNc2ccc3c(C)cn(C=O)c3c2)CC1. The molecule has 118 valence electrons. The van der Waals surface area contributed by atoms with E-state index in [-0.39, 0.29) is 0 Å². The van der Waals surface area contributed by atoms with Crippen LogP contribution in [0, 0.1) is 12.8 Å². The van der Waals surface area contributed by atoms with E-state index in [9.17, 15) is 4.79 Å². The number of benzene rings is 1. The van der Waals surface area contributed by atoms with Crippen molar-refractivity contribution in [3.05, 3.63) is 30.0 Å². The van der Waals surface area contributed by atoms with Gasteiger partial charge in [0.15, 0.2) is 0 Å². The van der Waals surface area contributed by atoms with E-state index in [1.54, 1.807) is 4.57 Å². The van der Waals surface area contributed by atoms with Crippen LogP contribution in [0.4, 0.5) is 5.69 Å². The number of nitrogens with one attached hydrogen (secondary N) is 1. The lowest BCUT2D eigenvalue weighted by molar-refractivity contribution is 0.198. The van der Waals surface area contributed by atoms with Gasteiger partial charge in [0.2, 0.25) is 6.41 Å². The Hall–Kier alpha value is -1.81. The van der Waals surface area contributed by atoms with Crippen molar-refractivity contribution in [1.82, 2.24) is 9.47 Å². The average Bonchev–Trinajstić information content (AvgIpc) is 2.89. The number of piperidine rings is 1. The predicted octanol–water partition coefficient (Wildman–Crippen LogP) is 3.13. The second kappa shape index (κ2) is 6.53. The normalized spacial score (nSPS) is 17.0. The minimum absolute atomic E-state index is 0.748. The molecular weight excluding hydrogens is 274 g/mol. The van der Waals surface area contributed by atoms with Crippen LogP contribution < -0.4 is 5.32 Å². The maximum atomic E-state index is 11.1. The monoisotopic (exact) mass is 299 g/mol. The van der Waals surface area contributed by atoms with Gasteiger partial charge in [0.05, 0.1) is 5.52 Å². The summed E-state index contributed by atoms with van der Waals surface area (Å²) in [5.41, 5.74) is 3.23. The van der Waals surface area contributed by atoms with E-state index in [0.29, 0.717) is 0 Å². The van der Waals surface area contributed by atoms with Crippen LogP contribution in [-0.4, -0.2) is 42.1 Å². The van der Waals surface area contributed by atoms with Crippen LogP contribution in [0.3, 0.4) is 0 Å². The molecule has 0 spiro atoms. The summed E-state index contributed by atoms with van der Waals surface area (Å²) >= 11 is 0. The Balaban J connectivity index is 1.66. The Bertz CT molecular complexity index is 654. The molecule has 3 rings (SSSR count). The summed E-state index contributed by atoms with van der Waals surface area (Å²) < 4.78 is 1.66. The van der Waals surface area contributed by atoms with E-state index in [2.05, 4.69) is 35.3 Å². The average molecular weight is 299 g/mol. The van der Waals surface area contributed by atoms with Crippen molar-refractivity contribution in [2.75, 3.05) is 31.5 Å². The maximum Gasteiger partial charge on any atom is 0.218 e. The summed E-state index contributed by atoms with van der Waals surface area (Å²) in [6.45, 7) is 8.89. The topological polar surface area (TPSA) is 37.3 Å². The molecule has 0 atom stereocenters. The molecule has 1 aromatic carbocycles. The van der Waals surface area contributed by atoms with E-state index in [0.717, 1.165) is 41.0 Å². The summed E-state index contributed by atoms with van der Waals surface area (Å²) in [4.78, 5) is 13.7. The number of carbonyl (C=O) groups is 1. The van der Waals surface area contributed by atoms with Crippen molar-refractivity contribution < 1.29 is 4.79 Å². The van der Waals surface area contributed by atoms with Gasteiger partial charge in [-0.15, -0.1) is 0 Å². The van der Waals surface area contributed by atoms with Crippen LogP contribution in [-0.2, 0) is 4.79 Å². The van der Waals surface area contributed by atoms with E-state index >= 15 is 0 Å². The predicted molar refractivity (Wildman–Crippen MR) is 92.2 cm³/mol. The third kappa shape index (κ3) is 3.02. The third-order valence-electron chi connectivity index (χ3n) is 4.90. The highest BCUT2D eigenvalue weighted by atomic mass is 16.1. The Morgan fingerprint density at radius 3 is 2.77 bits per heavy atom. The number of hydrogen-bond acceptors (Lipinski definition) is 3. The number of aromatic nitrogens is 1. The van der Waals surface area contributed by atoms with E-state index in [4.69, 9.17) is 0 Å². The van der Waals surface area contributed by atoms with Crippen LogP contribution in [0.5, 0.6) is 0 Å². The number of aryl methyl sites for hydroxylation is 1. The lowest BCUT2D eigenvalue weighted by Gasteiger charge is -2.31. The Kier molecular flexibility index (Phi) is 4.48. The van der Waals surface area contributed by atoms with Gasteiger partial charge in [-0.1, -0.05) is 13.0 Å². The quantitative estimate of drug-likeness (QED) is 0.862. The van der Waals surface area contributed by atoms with Gasteiger partial charge in [-0.3, -0.25) is 9.36 Å². The van der Waals surface area contributed by atoms with Gasteiger partial charge < -0.3 is 10.2 Å². The molecule has 22 heavy (non-hydrogen) atoms.